The molecule has 0 heterocycles. The molecular weight excluding hydrogens is 326 g/mol. The summed E-state index contributed by atoms with van der Waals surface area (Å²) in [5.74, 6) is -1.02. The van der Waals surface area contributed by atoms with Crippen molar-refractivity contribution in [3.63, 3.8) is 0 Å². The second kappa shape index (κ2) is 7.16. The summed E-state index contributed by atoms with van der Waals surface area (Å²) in [6.45, 7) is 3.01. The highest BCUT2D eigenvalue weighted by molar-refractivity contribution is 6.34. The molecule has 5 nitrogen and oxygen atoms in total. The highest BCUT2D eigenvalue weighted by atomic mass is 35.5. The van der Waals surface area contributed by atoms with Gasteiger partial charge in [-0.15, -0.1) is 0 Å². The van der Waals surface area contributed by atoms with Gasteiger partial charge in [-0.05, 0) is 38.1 Å². The van der Waals surface area contributed by atoms with Crippen LogP contribution in [-0.2, 0) is 9.59 Å². The largest absolute Gasteiger partial charge is 0.324 e. The lowest BCUT2D eigenvalue weighted by atomic mass is 9.90. The number of hydrogen-bond donors (Lipinski definition) is 2. The van der Waals surface area contributed by atoms with Crippen LogP contribution in [0.4, 0.5) is 11.4 Å². The third-order valence-corrected chi connectivity index (χ3v) is 3.88. The summed E-state index contributed by atoms with van der Waals surface area (Å²) in [6.07, 6.45) is 0. The number of nitriles is 1. The van der Waals surface area contributed by atoms with Gasteiger partial charge in [0.1, 0.15) is 11.5 Å². The first kappa shape index (κ1) is 17.5. The van der Waals surface area contributed by atoms with E-state index in [0.29, 0.717) is 22.0 Å². The predicted octanol–water partition coefficient (Wildman–Crippen LogP) is 3.82. The third-order valence-electron chi connectivity index (χ3n) is 3.55. The Balaban J connectivity index is 2.17. The fraction of sp³-hybridized carbons (Fsp3) is 0.167. The average Bonchev–Trinajstić information content (AvgIpc) is 2.57. The molecule has 0 bridgehead atoms. The zero-order chi connectivity index (χ0) is 17.7. The van der Waals surface area contributed by atoms with Crippen molar-refractivity contribution in [2.45, 2.75) is 13.8 Å². The van der Waals surface area contributed by atoms with Crippen molar-refractivity contribution in [2.24, 2.45) is 5.41 Å². The van der Waals surface area contributed by atoms with Crippen molar-refractivity contribution in [2.75, 3.05) is 10.6 Å². The Hall–Kier alpha value is -2.84. The molecule has 2 amide bonds. The maximum Gasteiger partial charge on any atom is 0.239 e. The van der Waals surface area contributed by atoms with Gasteiger partial charge in [0.15, 0.2) is 0 Å². The first-order valence-electron chi connectivity index (χ1n) is 7.23. The summed E-state index contributed by atoms with van der Waals surface area (Å²) in [7, 11) is 0. The average molecular weight is 342 g/mol. The Labute approximate surface area is 145 Å². The van der Waals surface area contributed by atoms with Gasteiger partial charge in [0, 0.05) is 0 Å². The number of amides is 2. The van der Waals surface area contributed by atoms with Crippen molar-refractivity contribution < 1.29 is 9.59 Å². The van der Waals surface area contributed by atoms with E-state index in [-0.39, 0.29) is 0 Å². The maximum atomic E-state index is 12.5. The van der Waals surface area contributed by atoms with Crippen molar-refractivity contribution in [3.8, 4) is 6.07 Å². The molecule has 24 heavy (non-hydrogen) atoms. The molecule has 0 aliphatic carbocycles. The van der Waals surface area contributed by atoms with Crippen LogP contribution in [0, 0.1) is 16.7 Å². The van der Waals surface area contributed by atoms with Gasteiger partial charge in [-0.1, -0.05) is 35.9 Å². The van der Waals surface area contributed by atoms with Gasteiger partial charge < -0.3 is 10.6 Å². The zero-order valence-electron chi connectivity index (χ0n) is 13.3. The van der Waals surface area contributed by atoms with Crippen LogP contribution in [0.1, 0.15) is 19.4 Å². The molecule has 0 radical (unpaired) electrons. The number of hydrogen-bond acceptors (Lipinski definition) is 3. The van der Waals surface area contributed by atoms with Gasteiger partial charge in [0.2, 0.25) is 11.8 Å². The molecule has 0 aliphatic heterocycles. The SMILES string of the molecule is CC(C)(C(=O)Nc1ccccc1Cl)C(=O)Nc1ccccc1C#N. The molecule has 0 spiro atoms. The van der Waals surface area contributed by atoms with Crippen LogP contribution in [0.3, 0.4) is 0 Å². The van der Waals surface area contributed by atoms with Crippen LogP contribution in [0.2, 0.25) is 5.02 Å². The first-order valence-corrected chi connectivity index (χ1v) is 7.60. The van der Waals surface area contributed by atoms with E-state index in [1.54, 1.807) is 48.5 Å². The van der Waals surface area contributed by atoms with E-state index in [1.807, 2.05) is 6.07 Å². The van der Waals surface area contributed by atoms with Gasteiger partial charge in [-0.2, -0.15) is 5.26 Å². The summed E-state index contributed by atoms with van der Waals surface area (Å²) in [4.78, 5) is 25.0. The standard InChI is InChI=1S/C18H16ClN3O2/c1-18(2,17(24)22-15-10-6-4-8-13(15)19)16(23)21-14-9-5-3-7-12(14)11-20/h3-10H,1-2H3,(H,21,23)(H,22,24). The van der Waals surface area contributed by atoms with E-state index < -0.39 is 17.2 Å². The number of carbonyl (C=O) groups excluding carboxylic acids is 2. The zero-order valence-corrected chi connectivity index (χ0v) is 14.0. The van der Waals surface area contributed by atoms with Gasteiger partial charge >= 0.3 is 0 Å². The van der Waals surface area contributed by atoms with Gasteiger partial charge in [-0.25, -0.2) is 0 Å². The van der Waals surface area contributed by atoms with Crippen molar-refractivity contribution >= 4 is 34.8 Å². The van der Waals surface area contributed by atoms with Crippen molar-refractivity contribution in [1.29, 1.82) is 5.26 Å². The highest BCUT2D eigenvalue weighted by Crippen LogP contribution is 2.26. The Kier molecular flexibility index (Phi) is 5.22. The molecule has 0 saturated carbocycles. The summed E-state index contributed by atoms with van der Waals surface area (Å²) in [5, 5.41) is 14.7. The van der Waals surface area contributed by atoms with E-state index in [9.17, 15) is 9.59 Å². The van der Waals surface area contributed by atoms with Gasteiger partial charge in [-0.3, -0.25) is 9.59 Å². The number of rotatable bonds is 4. The van der Waals surface area contributed by atoms with E-state index in [2.05, 4.69) is 10.6 Å². The molecule has 2 aromatic carbocycles. The molecular formula is C18H16ClN3O2. The van der Waals surface area contributed by atoms with Crippen LogP contribution in [0.25, 0.3) is 0 Å². The third kappa shape index (κ3) is 3.73. The minimum Gasteiger partial charge on any atom is -0.324 e. The molecule has 122 valence electrons. The number of para-hydroxylation sites is 2. The van der Waals surface area contributed by atoms with Gasteiger partial charge in [0.05, 0.1) is 22.0 Å². The summed E-state index contributed by atoms with van der Waals surface area (Å²) < 4.78 is 0. The molecule has 2 rings (SSSR count). The number of benzene rings is 2. The Bertz CT molecular complexity index is 825. The maximum absolute atomic E-state index is 12.5. The Morgan fingerprint density at radius 2 is 1.46 bits per heavy atom. The van der Waals surface area contributed by atoms with Crippen LogP contribution in [-0.4, -0.2) is 11.8 Å². The summed E-state index contributed by atoms with van der Waals surface area (Å²) in [6, 6.07) is 15.4. The molecule has 2 aromatic rings. The molecule has 0 saturated heterocycles. The fourth-order valence-electron chi connectivity index (χ4n) is 1.91. The highest BCUT2D eigenvalue weighted by Gasteiger charge is 2.36. The number of nitrogens with zero attached hydrogens (tertiary/aromatic N) is 1. The second-order valence-corrected chi connectivity index (χ2v) is 6.08. The quantitative estimate of drug-likeness (QED) is 0.829. The first-order chi connectivity index (χ1) is 11.4. The fourth-order valence-corrected chi connectivity index (χ4v) is 2.10. The minimum absolute atomic E-state index is 0.327. The molecule has 6 heteroatoms. The topological polar surface area (TPSA) is 82.0 Å². The van der Waals surface area contributed by atoms with Crippen molar-refractivity contribution in [3.05, 3.63) is 59.1 Å². The van der Waals surface area contributed by atoms with Crippen LogP contribution >= 0.6 is 11.6 Å². The van der Waals surface area contributed by atoms with E-state index in [4.69, 9.17) is 16.9 Å². The summed E-state index contributed by atoms with van der Waals surface area (Å²) >= 11 is 6.02. The molecule has 0 unspecified atom stereocenters. The Morgan fingerprint density at radius 1 is 0.958 bits per heavy atom. The second-order valence-electron chi connectivity index (χ2n) is 5.67. The minimum atomic E-state index is -1.36. The lowest BCUT2D eigenvalue weighted by molar-refractivity contribution is -0.135. The van der Waals surface area contributed by atoms with Gasteiger partial charge in [0.25, 0.3) is 0 Å². The molecule has 0 atom stereocenters. The number of halogens is 1. The molecule has 0 fully saturated rings. The summed E-state index contributed by atoms with van der Waals surface area (Å²) in [5.41, 5.74) is -0.235. The van der Waals surface area contributed by atoms with Crippen molar-refractivity contribution in [1.82, 2.24) is 0 Å². The lowest BCUT2D eigenvalue weighted by Gasteiger charge is -2.23. The normalized spacial score (nSPS) is 10.6. The van der Waals surface area contributed by atoms with E-state index >= 15 is 0 Å². The molecule has 0 aromatic heterocycles. The number of nitrogens with one attached hydrogen (secondary N) is 2. The number of carbonyl (C=O) groups is 2. The van der Waals surface area contributed by atoms with Crippen LogP contribution in [0.15, 0.2) is 48.5 Å². The van der Waals surface area contributed by atoms with Crippen LogP contribution < -0.4 is 10.6 Å². The smallest absolute Gasteiger partial charge is 0.239 e. The van der Waals surface area contributed by atoms with E-state index in [1.165, 1.54) is 13.8 Å². The van der Waals surface area contributed by atoms with Crippen LogP contribution in [0.5, 0.6) is 0 Å². The van der Waals surface area contributed by atoms with E-state index in [0.717, 1.165) is 0 Å². The number of anilines is 2. The molecule has 0 aliphatic rings. The lowest BCUT2D eigenvalue weighted by Crippen LogP contribution is -2.41. The molecule has 2 N–H and O–H groups in total. The Morgan fingerprint density at radius 3 is 2.04 bits per heavy atom. The predicted molar refractivity (Wildman–Crippen MR) is 93.6 cm³/mol. The monoisotopic (exact) mass is 341 g/mol.